The van der Waals surface area contributed by atoms with Crippen molar-refractivity contribution in [2.75, 3.05) is 23.9 Å². The molecule has 1 unspecified atom stereocenters. The molecular weight excluding hydrogens is 256 g/mol. The lowest BCUT2D eigenvalue weighted by Crippen LogP contribution is -2.33. The molecular formula is C15H22N2OS. The summed E-state index contributed by atoms with van der Waals surface area (Å²) in [6, 6.07) is 6.19. The van der Waals surface area contributed by atoms with Gasteiger partial charge >= 0.3 is 0 Å². The number of thioether (sulfide) groups is 1. The maximum absolute atomic E-state index is 12.2. The van der Waals surface area contributed by atoms with Crippen molar-refractivity contribution in [1.82, 2.24) is 5.32 Å². The second-order valence-electron chi connectivity index (χ2n) is 5.06. The minimum atomic E-state index is 0.0435. The number of aryl methyl sites for hydroxylation is 1. The molecule has 0 aromatic heterocycles. The highest BCUT2D eigenvalue weighted by Gasteiger charge is 2.13. The first-order chi connectivity index (χ1) is 9.20. The first-order valence-electron chi connectivity index (χ1n) is 6.87. The smallest absolute Gasteiger partial charge is 0.251 e. The molecule has 0 radical (unpaired) electrons. The largest absolute Gasteiger partial charge is 0.385 e. The van der Waals surface area contributed by atoms with Gasteiger partial charge in [-0.05, 0) is 62.0 Å². The van der Waals surface area contributed by atoms with E-state index in [0.29, 0.717) is 0 Å². The number of carbonyl (C=O) groups excluding carboxylic acids is 1. The molecule has 0 fully saturated rings. The van der Waals surface area contributed by atoms with Gasteiger partial charge in [0.1, 0.15) is 0 Å². The van der Waals surface area contributed by atoms with Crippen LogP contribution in [0.5, 0.6) is 0 Å². The number of carbonyl (C=O) groups is 1. The minimum absolute atomic E-state index is 0.0435. The molecule has 0 spiro atoms. The van der Waals surface area contributed by atoms with Gasteiger partial charge in [0.05, 0.1) is 0 Å². The minimum Gasteiger partial charge on any atom is -0.385 e. The molecule has 0 aliphatic carbocycles. The molecule has 4 heteroatoms. The first-order valence-corrected chi connectivity index (χ1v) is 8.26. The Morgan fingerprint density at radius 3 is 3.16 bits per heavy atom. The lowest BCUT2D eigenvalue weighted by Gasteiger charge is -2.19. The molecule has 2 rings (SSSR count). The Bertz CT molecular complexity index is 448. The highest BCUT2D eigenvalue weighted by atomic mass is 32.2. The molecule has 19 heavy (non-hydrogen) atoms. The molecule has 1 aliphatic rings. The molecule has 2 N–H and O–H groups in total. The first kappa shape index (κ1) is 14.3. The van der Waals surface area contributed by atoms with Crippen molar-refractivity contribution in [2.45, 2.75) is 32.2 Å². The van der Waals surface area contributed by atoms with Crippen LogP contribution in [0.25, 0.3) is 0 Å². The summed E-state index contributed by atoms with van der Waals surface area (Å²) in [7, 11) is 0. The van der Waals surface area contributed by atoms with Gasteiger partial charge in [-0.15, -0.1) is 0 Å². The van der Waals surface area contributed by atoms with E-state index in [9.17, 15) is 4.79 Å². The van der Waals surface area contributed by atoms with Crippen molar-refractivity contribution >= 4 is 23.4 Å². The van der Waals surface area contributed by atoms with Gasteiger partial charge in [-0.2, -0.15) is 11.8 Å². The average molecular weight is 278 g/mol. The molecule has 0 bridgehead atoms. The SMILES string of the molecule is CSCCC(C)NC(=O)c1ccc2c(c1)CCCN2. The fourth-order valence-electron chi connectivity index (χ4n) is 2.29. The molecule has 1 atom stereocenters. The third-order valence-corrected chi connectivity index (χ3v) is 4.08. The predicted octanol–water partition coefficient (Wildman–Crippen LogP) is 2.92. The molecule has 1 amide bonds. The number of nitrogens with one attached hydrogen (secondary N) is 2. The van der Waals surface area contributed by atoms with Gasteiger partial charge in [-0.25, -0.2) is 0 Å². The third kappa shape index (κ3) is 3.90. The van der Waals surface area contributed by atoms with E-state index < -0.39 is 0 Å². The lowest BCUT2D eigenvalue weighted by molar-refractivity contribution is 0.0939. The Labute approximate surface area is 119 Å². The quantitative estimate of drug-likeness (QED) is 0.870. The van der Waals surface area contributed by atoms with Gasteiger partial charge in [-0.3, -0.25) is 4.79 Å². The van der Waals surface area contributed by atoms with Crippen LogP contribution < -0.4 is 10.6 Å². The normalized spacial score (nSPS) is 15.3. The second-order valence-corrected chi connectivity index (χ2v) is 6.04. The van der Waals surface area contributed by atoms with E-state index in [1.54, 1.807) is 0 Å². The summed E-state index contributed by atoms with van der Waals surface area (Å²) in [6.07, 6.45) is 5.30. The van der Waals surface area contributed by atoms with Crippen molar-refractivity contribution < 1.29 is 4.79 Å². The van der Waals surface area contributed by atoms with Crippen LogP contribution in [-0.4, -0.2) is 30.5 Å². The van der Waals surface area contributed by atoms with E-state index in [2.05, 4.69) is 23.8 Å². The fraction of sp³-hybridized carbons (Fsp3) is 0.533. The van der Waals surface area contributed by atoms with E-state index in [1.807, 2.05) is 30.0 Å². The highest BCUT2D eigenvalue weighted by Crippen LogP contribution is 2.22. The van der Waals surface area contributed by atoms with Crippen molar-refractivity contribution in [3.8, 4) is 0 Å². The Kier molecular flexibility index (Phi) is 5.14. The molecule has 1 aromatic rings. The van der Waals surface area contributed by atoms with Gasteiger partial charge in [0.2, 0.25) is 0 Å². The Hall–Kier alpha value is -1.16. The van der Waals surface area contributed by atoms with E-state index in [4.69, 9.17) is 0 Å². The summed E-state index contributed by atoms with van der Waals surface area (Å²) >= 11 is 1.81. The van der Waals surface area contributed by atoms with E-state index >= 15 is 0 Å². The Morgan fingerprint density at radius 1 is 1.53 bits per heavy atom. The number of hydrogen-bond donors (Lipinski definition) is 2. The zero-order chi connectivity index (χ0) is 13.7. The van der Waals surface area contributed by atoms with Crippen LogP contribution in [0, 0.1) is 0 Å². The summed E-state index contributed by atoms with van der Waals surface area (Å²) in [4.78, 5) is 12.2. The Morgan fingerprint density at radius 2 is 2.37 bits per heavy atom. The predicted molar refractivity (Wildman–Crippen MR) is 83.2 cm³/mol. The molecule has 104 valence electrons. The summed E-state index contributed by atoms with van der Waals surface area (Å²) in [5, 5.41) is 6.43. The number of rotatable bonds is 5. The Balaban J connectivity index is 1.99. The van der Waals surface area contributed by atoms with Crippen LogP contribution in [0.4, 0.5) is 5.69 Å². The molecule has 3 nitrogen and oxygen atoms in total. The zero-order valence-electron chi connectivity index (χ0n) is 11.7. The van der Waals surface area contributed by atoms with Crippen molar-refractivity contribution in [1.29, 1.82) is 0 Å². The van der Waals surface area contributed by atoms with Gasteiger partial charge in [0, 0.05) is 23.8 Å². The lowest BCUT2D eigenvalue weighted by atomic mass is 10.0. The van der Waals surface area contributed by atoms with Gasteiger partial charge in [0.15, 0.2) is 0 Å². The van der Waals surface area contributed by atoms with Gasteiger partial charge in [0.25, 0.3) is 5.91 Å². The van der Waals surface area contributed by atoms with Crippen LogP contribution in [0.2, 0.25) is 0 Å². The maximum Gasteiger partial charge on any atom is 0.251 e. The number of fused-ring (bicyclic) bond motifs is 1. The number of hydrogen-bond acceptors (Lipinski definition) is 3. The molecule has 1 aliphatic heterocycles. The third-order valence-electron chi connectivity index (χ3n) is 3.44. The summed E-state index contributed by atoms with van der Waals surface area (Å²) in [5.74, 6) is 1.12. The molecule has 0 saturated heterocycles. The van der Waals surface area contributed by atoms with Crippen LogP contribution in [0.15, 0.2) is 18.2 Å². The van der Waals surface area contributed by atoms with Crippen LogP contribution in [0.3, 0.4) is 0 Å². The van der Waals surface area contributed by atoms with Crippen LogP contribution >= 0.6 is 11.8 Å². The monoisotopic (exact) mass is 278 g/mol. The second kappa shape index (κ2) is 6.85. The number of amides is 1. The van der Waals surface area contributed by atoms with Crippen LogP contribution in [-0.2, 0) is 6.42 Å². The van der Waals surface area contributed by atoms with Crippen molar-refractivity contribution in [3.63, 3.8) is 0 Å². The topological polar surface area (TPSA) is 41.1 Å². The maximum atomic E-state index is 12.2. The van der Waals surface area contributed by atoms with E-state index in [-0.39, 0.29) is 11.9 Å². The van der Waals surface area contributed by atoms with Crippen LogP contribution in [0.1, 0.15) is 35.7 Å². The van der Waals surface area contributed by atoms with E-state index in [1.165, 1.54) is 11.3 Å². The fourth-order valence-corrected chi connectivity index (χ4v) is 2.88. The molecule has 0 saturated carbocycles. The van der Waals surface area contributed by atoms with Crippen molar-refractivity contribution in [2.24, 2.45) is 0 Å². The number of anilines is 1. The standard InChI is InChI=1S/C15H22N2OS/c1-11(7-9-19-2)17-15(18)13-5-6-14-12(10-13)4-3-8-16-14/h5-6,10-11,16H,3-4,7-9H2,1-2H3,(H,17,18). The summed E-state index contributed by atoms with van der Waals surface area (Å²) < 4.78 is 0. The van der Waals surface area contributed by atoms with E-state index in [0.717, 1.165) is 37.1 Å². The number of benzene rings is 1. The highest BCUT2D eigenvalue weighted by molar-refractivity contribution is 7.98. The molecule has 1 aromatic carbocycles. The van der Waals surface area contributed by atoms with Gasteiger partial charge in [-0.1, -0.05) is 0 Å². The van der Waals surface area contributed by atoms with Gasteiger partial charge < -0.3 is 10.6 Å². The zero-order valence-corrected chi connectivity index (χ0v) is 12.5. The van der Waals surface area contributed by atoms with Crippen molar-refractivity contribution in [3.05, 3.63) is 29.3 Å². The summed E-state index contributed by atoms with van der Waals surface area (Å²) in [6.45, 7) is 3.10. The summed E-state index contributed by atoms with van der Waals surface area (Å²) in [5.41, 5.74) is 3.22. The molecule has 1 heterocycles. The average Bonchev–Trinajstić information content (AvgIpc) is 2.44.